The molecule has 0 saturated carbocycles. The molecule has 21 heavy (non-hydrogen) atoms. The van der Waals surface area contributed by atoms with Gasteiger partial charge in [-0.3, -0.25) is 14.9 Å². The number of halogens is 1. The van der Waals surface area contributed by atoms with Crippen molar-refractivity contribution in [3.8, 4) is 0 Å². The van der Waals surface area contributed by atoms with E-state index in [-0.39, 0.29) is 39.8 Å². The first-order valence-electron chi connectivity index (χ1n) is 6.78. The van der Waals surface area contributed by atoms with Crippen molar-refractivity contribution in [1.82, 2.24) is 5.32 Å². The third kappa shape index (κ3) is 4.07. The van der Waals surface area contributed by atoms with Crippen LogP contribution in [0.3, 0.4) is 0 Å². The number of benzene rings is 1. The van der Waals surface area contributed by atoms with E-state index in [1.54, 1.807) is 7.05 Å². The maximum Gasteiger partial charge on any atom is 0.294 e. The monoisotopic (exact) mass is 313 g/mol. The highest BCUT2D eigenvalue weighted by atomic mass is 35.5. The summed E-state index contributed by atoms with van der Waals surface area (Å²) < 4.78 is 0. The molecule has 1 unspecified atom stereocenters. The Kier molecular flexibility index (Phi) is 5.96. The van der Waals surface area contributed by atoms with Gasteiger partial charge >= 0.3 is 0 Å². The molecule has 0 radical (unpaired) electrons. The fourth-order valence-electron chi connectivity index (χ4n) is 2.11. The van der Waals surface area contributed by atoms with E-state index in [1.165, 1.54) is 12.1 Å². The number of anilines is 1. The van der Waals surface area contributed by atoms with E-state index >= 15 is 0 Å². The average molecular weight is 314 g/mol. The molecule has 2 N–H and O–H groups in total. The van der Waals surface area contributed by atoms with Crippen LogP contribution in [0.15, 0.2) is 12.1 Å². The van der Waals surface area contributed by atoms with Crippen molar-refractivity contribution in [2.75, 3.05) is 12.4 Å². The Morgan fingerprint density at radius 1 is 1.43 bits per heavy atom. The van der Waals surface area contributed by atoms with Gasteiger partial charge in [0.1, 0.15) is 5.69 Å². The zero-order valence-electron chi connectivity index (χ0n) is 12.6. The fourth-order valence-corrected chi connectivity index (χ4v) is 2.42. The second-order valence-corrected chi connectivity index (χ2v) is 5.50. The highest BCUT2D eigenvalue weighted by molar-refractivity contribution is 6.34. The predicted octanol–water partition coefficient (Wildman–Crippen LogP) is 3.45. The van der Waals surface area contributed by atoms with E-state index in [0.717, 1.165) is 6.42 Å². The maximum absolute atomic E-state index is 12.2. The molecule has 0 heterocycles. The first-order chi connectivity index (χ1) is 9.81. The normalized spacial score (nSPS) is 12.1. The second kappa shape index (κ2) is 7.26. The SMILES string of the molecule is CCC(NC(=O)c1cc(Cl)c(NC)c([N+](=O)[O-])c1)C(C)C. The molecule has 1 aromatic carbocycles. The van der Waals surface area contributed by atoms with Gasteiger partial charge in [-0.1, -0.05) is 32.4 Å². The van der Waals surface area contributed by atoms with Crippen molar-refractivity contribution >= 4 is 28.9 Å². The van der Waals surface area contributed by atoms with Crippen molar-refractivity contribution in [3.05, 3.63) is 32.8 Å². The quantitative estimate of drug-likeness (QED) is 0.622. The van der Waals surface area contributed by atoms with Crippen LogP contribution in [0, 0.1) is 16.0 Å². The molecule has 0 aromatic heterocycles. The lowest BCUT2D eigenvalue weighted by Gasteiger charge is -2.20. The fraction of sp³-hybridized carbons (Fsp3) is 0.500. The molecule has 116 valence electrons. The topological polar surface area (TPSA) is 84.3 Å². The van der Waals surface area contributed by atoms with E-state index in [1.807, 2.05) is 20.8 Å². The zero-order valence-corrected chi connectivity index (χ0v) is 13.3. The summed E-state index contributed by atoms with van der Waals surface area (Å²) in [5.74, 6) is -0.0795. The minimum atomic E-state index is -0.561. The lowest BCUT2D eigenvalue weighted by Crippen LogP contribution is -2.38. The maximum atomic E-state index is 12.2. The number of hydrogen-bond acceptors (Lipinski definition) is 4. The summed E-state index contributed by atoms with van der Waals surface area (Å²) in [6.07, 6.45) is 0.786. The highest BCUT2D eigenvalue weighted by Crippen LogP contribution is 2.33. The second-order valence-electron chi connectivity index (χ2n) is 5.09. The molecule has 0 aliphatic heterocycles. The Morgan fingerprint density at radius 3 is 2.48 bits per heavy atom. The molecule has 0 bridgehead atoms. The minimum Gasteiger partial charge on any atom is -0.381 e. The van der Waals surface area contributed by atoms with Gasteiger partial charge < -0.3 is 10.6 Å². The molecule has 7 heteroatoms. The predicted molar refractivity (Wildman–Crippen MR) is 84.0 cm³/mol. The van der Waals surface area contributed by atoms with Gasteiger partial charge in [-0.25, -0.2) is 0 Å². The number of nitro groups is 1. The molecule has 0 saturated heterocycles. The molecule has 0 aliphatic carbocycles. The Balaban J connectivity index is 3.14. The van der Waals surface area contributed by atoms with Crippen LogP contribution in [0.2, 0.25) is 5.02 Å². The summed E-state index contributed by atoms with van der Waals surface area (Å²) in [6, 6.07) is 2.68. The first-order valence-corrected chi connectivity index (χ1v) is 7.16. The van der Waals surface area contributed by atoms with Gasteiger partial charge in [0.15, 0.2) is 0 Å². The van der Waals surface area contributed by atoms with Crippen LogP contribution in [0.5, 0.6) is 0 Å². The lowest BCUT2D eigenvalue weighted by atomic mass is 10.0. The van der Waals surface area contributed by atoms with Gasteiger partial charge in [0.25, 0.3) is 11.6 Å². The molecule has 1 rings (SSSR count). The standard InChI is InChI=1S/C14H20ClN3O3/c1-5-11(8(2)3)17-14(19)9-6-10(15)13(16-4)12(7-9)18(20)21/h6-8,11,16H,5H2,1-4H3,(H,17,19). The van der Waals surface area contributed by atoms with Crippen LogP contribution < -0.4 is 10.6 Å². The van der Waals surface area contributed by atoms with Crippen molar-refractivity contribution in [2.45, 2.75) is 33.2 Å². The molecule has 6 nitrogen and oxygen atoms in total. The van der Waals surface area contributed by atoms with Crippen LogP contribution >= 0.6 is 11.6 Å². The Morgan fingerprint density at radius 2 is 2.05 bits per heavy atom. The lowest BCUT2D eigenvalue weighted by molar-refractivity contribution is -0.383. The van der Waals surface area contributed by atoms with Gasteiger partial charge in [-0.05, 0) is 18.4 Å². The number of rotatable bonds is 6. The molecular formula is C14H20ClN3O3. The largest absolute Gasteiger partial charge is 0.381 e. The van der Waals surface area contributed by atoms with Gasteiger partial charge in [-0.15, -0.1) is 0 Å². The molecule has 0 fully saturated rings. The summed E-state index contributed by atoms with van der Waals surface area (Å²) in [5.41, 5.74) is 0.173. The summed E-state index contributed by atoms with van der Waals surface area (Å²) >= 11 is 6.01. The summed E-state index contributed by atoms with van der Waals surface area (Å²) in [5, 5.41) is 16.8. The van der Waals surface area contributed by atoms with E-state index < -0.39 is 4.92 Å². The van der Waals surface area contributed by atoms with Crippen LogP contribution in [0.4, 0.5) is 11.4 Å². The number of hydrogen-bond donors (Lipinski definition) is 2. The third-order valence-corrected chi connectivity index (χ3v) is 3.64. The van der Waals surface area contributed by atoms with Crippen molar-refractivity contribution < 1.29 is 9.72 Å². The van der Waals surface area contributed by atoms with Gasteiger partial charge in [0, 0.05) is 24.7 Å². The highest BCUT2D eigenvalue weighted by Gasteiger charge is 2.22. The number of nitrogens with zero attached hydrogens (tertiary/aromatic N) is 1. The van der Waals surface area contributed by atoms with Crippen LogP contribution in [0.25, 0.3) is 0 Å². The molecule has 1 amide bonds. The van der Waals surface area contributed by atoms with Gasteiger partial charge in [0.2, 0.25) is 0 Å². The first kappa shape index (κ1) is 17.2. The van der Waals surface area contributed by atoms with Crippen LogP contribution in [-0.4, -0.2) is 23.9 Å². The van der Waals surface area contributed by atoms with Gasteiger partial charge in [-0.2, -0.15) is 0 Å². The van der Waals surface area contributed by atoms with Crippen molar-refractivity contribution in [2.24, 2.45) is 5.92 Å². The molecule has 1 atom stereocenters. The van der Waals surface area contributed by atoms with E-state index in [0.29, 0.717) is 0 Å². The Hall–Kier alpha value is -1.82. The van der Waals surface area contributed by atoms with Crippen molar-refractivity contribution in [3.63, 3.8) is 0 Å². The van der Waals surface area contributed by atoms with E-state index in [2.05, 4.69) is 10.6 Å². The summed E-state index contributed by atoms with van der Waals surface area (Å²) in [7, 11) is 1.54. The van der Waals surface area contributed by atoms with Crippen molar-refractivity contribution in [1.29, 1.82) is 0 Å². The van der Waals surface area contributed by atoms with E-state index in [4.69, 9.17) is 11.6 Å². The molecule has 0 spiro atoms. The summed E-state index contributed by atoms with van der Waals surface area (Å²) in [4.78, 5) is 22.7. The summed E-state index contributed by atoms with van der Waals surface area (Å²) in [6.45, 7) is 5.99. The number of carbonyl (C=O) groups is 1. The van der Waals surface area contributed by atoms with Crippen LogP contribution in [-0.2, 0) is 0 Å². The van der Waals surface area contributed by atoms with Crippen LogP contribution in [0.1, 0.15) is 37.6 Å². The molecule has 0 aliphatic rings. The molecule has 1 aromatic rings. The molecular weight excluding hydrogens is 294 g/mol. The number of nitro benzene ring substituents is 1. The minimum absolute atomic E-state index is 0.0132. The van der Waals surface area contributed by atoms with Gasteiger partial charge in [0.05, 0.1) is 9.95 Å². The Labute approximate surface area is 129 Å². The van der Waals surface area contributed by atoms with E-state index in [9.17, 15) is 14.9 Å². The smallest absolute Gasteiger partial charge is 0.294 e. The number of carbonyl (C=O) groups excluding carboxylic acids is 1. The zero-order chi connectivity index (χ0) is 16.2. The Bertz CT molecular complexity index is 547. The third-order valence-electron chi connectivity index (χ3n) is 3.34. The number of nitrogens with one attached hydrogen (secondary N) is 2. The average Bonchev–Trinajstić information content (AvgIpc) is 2.42. The number of amides is 1.